The Labute approximate surface area is 85.4 Å². The van der Waals surface area contributed by atoms with E-state index in [0.717, 1.165) is 5.69 Å². The largest absolute Gasteiger partial charge is 0.415 e. The van der Waals surface area contributed by atoms with Gasteiger partial charge in [0.05, 0.1) is 6.54 Å². The Morgan fingerprint density at radius 1 is 1.57 bits per heavy atom. The van der Waals surface area contributed by atoms with E-state index in [2.05, 4.69) is 10.1 Å². The van der Waals surface area contributed by atoms with Gasteiger partial charge >= 0.3 is 5.43 Å². The van der Waals surface area contributed by atoms with Gasteiger partial charge in [-0.05, 0) is 6.07 Å². The third-order valence-electron chi connectivity index (χ3n) is 2.12. The molecule has 74 valence electrons. The summed E-state index contributed by atoms with van der Waals surface area (Å²) in [5.74, 6) is -1.64. The molecule has 0 aliphatic carbocycles. The fourth-order valence-electron chi connectivity index (χ4n) is 1.51. The highest BCUT2D eigenvalue weighted by Crippen LogP contribution is 2.35. The summed E-state index contributed by atoms with van der Waals surface area (Å²) in [5.41, 5.74) is 0.243. The molecule has 1 aromatic rings. The van der Waals surface area contributed by atoms with Gasteiger partial charge in [-0.25, -0.2) is 4.79 Å². The van der Waals surface area contributed by atoms with Crippen LogP contribution in [-0.2, 0) is 10.5 Å². The van der Waals surface area contributed by atoms with Gasteiger partial charge in [0.2, 0.25) is 0 Å². The number of halogens is 1. The lowest BCUT2D eigenvalue weighted by atomic mass is 10.1. The van der Waals surface area contributed by atoms with Gasteiger partial charge in [-0.2, -0.15) is 0 Å². The van der Waals surface area contributed by atoms with E-state index in [1.54, 1.807) is 18.2 Å². The lowest BCUT2D eigenvalue weighted by Crippen LogP contribution is -2.32. The number of benzene rings is 1. The highest BCUT2D eigenvalue weighted by molar-refractivity contribution is 6.61. The molecule has 2 N–H and O–H groups in total. The highest BCUT2D eigenvalue weighted by Gasteiger charge is 2.40. The summed E-state index contributed by atoms with van der Waals surface area (Å²) in [6.07, 6.45) is 0. The second kappa shape index (κ2) is 3.15. The predicted octanol–water partition coefficient (Wildman–Crippen LogP) is 1.63. The molecule has 1 unspecified atom stereocenters. The van der Waals surface area contributed by atoms with Crippen LogP contribution in [0.1, 0.15) is 5.56 Å². The molecule has 0 amide bonds. The molecule has 0 aromatic heterocycles. The van der Waals surface area contributed by atoms with E-state index in [1.165, 1.54) is 0 Å². The first-order chi connectivity index (χ1) is 6.62. The summed E-state index contributed by atoms with van der Waals surface area (Å²) in [4.78, 5) is 10.6. The predicted molar refractivity (Wildman–Crippen MR) is 51.2 cm³/mol. The molecule has 14 heavy (non-hydrogen) atoms. The van der Waals surface area contributed by atoms with Crippen LogP contribution in [0.2, 0.25) is 0 Å². The number of hydrogen-bond donors (Lipinski definition) is 2. The Balaban J connectivity index is 2.37. The number of fused-ring (bicyclic) bond motifs is 1. The molecule has 0 bridgehead atoms. The third-order valence-corrected chi connectivity index (χ3v) is 2.19. The molecule has 0 spiro atoms. The van der Waals surface area contributed by atoms with Crippen molar-refractivity contribution < 1.29 is 14.6 Å². The summed E-state index contributed by atoms with van der Waals surface area (Å²) < 4.78 is 4.64. The number of β-amino-alcohol motifs (C(OH)–C–C–N with tert-alkyl or cyclic N) is 1. The molecule has 0 fully saturated rings. The van der Waals surface area contributed by atoms with Crippen molar-refractivity contribution >= 4 is 22.7 Å². The summed E-state index contributed by atoms with van der Waals surface area (Å²) in [7, 11) is 0. The minimum absolute atomic E-state index is 0.116. The Hall–Kier alpha value is -1.26. The van der Waals surface area contributed by atoms with Crippen LogP contribution in [-0.4, -0.2) is 17.1 Å². The van der Waals surface area contributed by atoms with Gasteiger partial charge < -0.3 is 15.2 Å². The molecule has 1 aromatic carbocycles. The van der Waals surface area contributed by atoms with Gasteiger partial charge in [0.1, 0.15) is 0 Å². The number of rotatable bonds is 1. The number of aliphatic hydroxyl groups is 1. The first-order valence-corrected chi connectivity index (χ1v) is 4.44. The summed E-state index contributed by atoms with van der Waals surface area (Å²) in [5, 5.41) is 12.8. The van der Waals surface area contributed by atoms with Crippen molar-refractivity contribution in [1.82, 2.24) is 0 Å². The average molecular weight is 214 g/mol. The van der Waals surface area contributed by atoms with Crippen molar-refractivity contribution in [2.45, 2.75) is 5.79 Å². The number of hydrogen-bond acceptors (Lipinski definition) is 4. The van der Waals surface area contributed by atoms with Crippen molar-refractivity contribution in [1.29, 1.82) is 0 Å². The SMILES string of the molecule is O=C(Cl)OC1(O)CNc2ccccc21. The van der Waals surface area contributed by atoms with E-state index in [1.807, 2.05) is 6.07 Å². The molecule has 0 saturated carbocycles. The van der Waals surface area contributed by atoms with Crippen LogP contribution in [0.5, 0.6) is 0 Å². The zero-order valence-electron chi connectivity index (χ0n) is 7.16. The van der Waals surface area contributed by atoms with E-state index >= 15 is 0 Å². The number of carbonyl (C=O) groups is 1. The van der Waals surface area contributed by atoms with Gasteiger partial charge in [0.25, 0.3) is 5.79 Å². The molecule has 5 heteroatoms. The standard InChI is InChI=1S/C9H8ClNO3/c10-8(12)14-9(13)5-11-7-4-2-1-3-6(7)9/h1-4,11,13H,5H2. The van der Waals surface area contributed by atoms with Crippen molar-refractivity contribution in [3.63, 3.8) is 0 Å². The zero-order chi connectivity index (χ0) is 10.2. The normalized spacial score (nSPS) is 23.9. The maximum atomic E-state index is 10.6. The van der Waals surface area contributed by atoms with Crippen molar-refractivity contribution in [2.75, 3.05) is 11.9 Å². The van der Waals surface area contributed by atoms with Gasteiger partial charge in [-0.1, -0.05) is 18.2 Å². The fourth-order valence-corrected chi connectivity index (χ4v) is 1.64. The second-order valence-electron chi connectivity index (χ2n) is 3.02. The first-order valence-electron chi connectivity index (χ1n) is 4.06. The monoisotopic (exact) mass is 213 g/mol. The van der Waals surface area contributed by atoms with Crippen LogP contribution < -0.4 is 5.32 Å². The lowest BCUT2D eigenvalue weighted by Gasteiger charge is -2.20. The van der Waals surface area contributed by atoms with Crippen LogP contribution in [0.4, 0.5) is 10.5 Å². The van der Waals surface area contributed by atoms with Crippen molar-refractivity contribution in [3.05, 3.63) is 29.8 Å². The smallest absolute Gasteiger partial charge is 0.406 e. The molecule has 0 radical (unpaired) electrons. The van der Waals surface area contributed by atoms with E-state index in [0.29, 0.717) is 5.56 Å². The highest BCUT2D eigenvalue weighted by atomic mass is 35.5. The number of carbonyl (C=O) groups excluding carboxylic acids is 1. The van der Waals surface area contributed by atoms with E-state index in [9.17, 15) is 9.90 Å². The maximum Gasteiger partial charge on any atom is 0.406 e. The van der Waals surface area contributed by atoms with Crippen LogP contribution in [0.15, 0.2) is 24.3 Å². The number of para-hydroxylation sites is 1. The minimum atomic E-state index is -1.64. The summed E-state index contributed by atoms with van der Waals surface area (Å²) in [6.45, 7) is 0.116. The van der Waals surface area contributed by atoms with Crippen LogP contribution in [0.3, 0.4) is 0 Å². The molecule has 1 aliphatic rings. The number of anilines is 1. The third kappa shape index (κ3) is 1.42. The average Bonchev–Trinajstić information content (AvgIpc) is 2.44. The first kappa shape index (κ1) is 9.30. The number of nitrogens with one attached hydrogen (secondary N) is 1. The van der Waals surface area contributed by atoms with Crippen molar-refractivity contribution in [2.24, 2.45) is 0 Å². The fraction of sp³-hybridized carbons (Fsp3) is 0.222. The topological polar surface area (TPSA) is 58.6 Å². The van der Waals surface area contributed by atoms with Gasteiger partial charge in [-0.3, -0.25) is 0 Å². The second-order valence-corrected chi connectivity index (χ2v) is 3.33. The van der Waals surface area contributed by atoms with E-state index < -0.39 is 11.2 Å². The molecule has 1 aliphatic heterocycles. The quantitative estimate of drug-likeness (QED) is 0.550. The number of ether oxygens (including phenoxy) is 1. The van der Waals surface area contributed by atoms with E-state index in [4.69, 9.17) is 11.6 Å². The maximum absolute atomic E-state index is 10.6. The zero-order valence-corrected chi connectivity index (χ0v) is 7.91. The Bertz CT molecular complexity index is 382. The molecule has 2 rings (SSSR count). The molecular formula is C9H8ClNO3. The Morgan fingerprint density at radius 2 is 2.29 bits per heavy atom. The molecule has 1 atom stereocenters. The molecule has 1 heterocycles. The molecule has 4 nitrogen and oxygen atoms in total. The van der Waals surface area contributed by atoms with Crippen LogP contribution in [0.25, 0.3) is 0 Å². The molecule has 0 saturated heterocycles. The van der Waals surface area contributed by atoms with Gasteiger partial charge in [-0.15, -0.1) is 0 Å². The van der Waals surface area contributed by atoms with E-state index in [-0.39, 0.29) is 6.54 Å². The minimum Gasteiger partial charge on any atom is -0.415 e. The van der Waals surface area contributed by atoms with Gasteiger partial charge in [0.15, 0.2) is 0 Å². The Kier molecular flexibility index (Phi) is 2.09. The van der Waals surface area contributed by atoms with Crippen molar-refractivity contribution in [3.8, 4) is 0 Å². The Morgan fingerprint density at radius 3 is 3.00 bits per heavy atom. The van der Waals surface area contributed by atoms with Gasteiger partial charge in [0, 0.05) is 22.9 Å². The summed E-state index contributed by atoms with van der Waals surface area (Å²) >= 11 is 5.07. The molecular weight excluding hydrogens is 206 g/mol. The van der Waals surface area contributed by atoms with Crippen LogP contribution >= 0.6 is 11.6 Å². The summed E-state index contributed by atoms with van der Waals surface area (Å²) in [6, 6.07) is 7.03. The van der Waals surface area contributed by atoms with Crippen LogP contribution in [0, 0.1) is 0 Å². The lowest BCUT2D eigenvalue weighted by molar-refractivity contribution is -0.146.